The summed E-state index contributed by atoms with van der Waals surface area (Å²) in [5, 5.41) is 4.09. The fourth-order valence-corrected chi connectivity index (χ4v) is 4.59. The van der Waals surface area contributed by atoms with E-state index in [1.807, 2.05) is 19.9 Å². The summed E-state index contributed by atoms with van der Waals surface area (Å²) in [4.78, 5) is 28.2. The van der Waals surface area contributed by atoms with E-state index in [9.17, 15) is 9.59 Å². The highest BCUT2D eigenvalue weighted by Gasteiger charge is 2.30. The van der Waals surface area contributed by atoms with Crippen LogP contribution >= 0.6 is 23.2 Å². The number of hydrogen-bond donors (Lipinski definition) is 1. The lowest BCUT2D eigenvalue weighted by Gasteiger charge is -2.31. The van der Waals surface area contributed by atoms with Crippen molar-refractivity contribution < 1.29 is 9.59 Å². The van der Waals surface area contributed by atoms with Crippen molar-refractivity contribution >= 4 is 35.0 Å². The Hall–Kier alpha value is -2.04. The van der Waals surface area contributed by atoms with Crippen LogP contribution in [-0.4, -0.2) is 28.8 Å². The molecule has 0 aromatic heterocycles. The first-order chi connectivity index (χ1) is 15.4. The molecule has 0 unspecified atom stereocenters. The first-order valence-corrected chi connectivity index (χ1v) is 12.2. The molecule has 4 nitrogen and oxygen atoms in total. The SMILES string of the molecule is CC[C@H](C(=O)NC1CCCC1)N(Cc1ccc(Cl)c(Cl)c1)C(=O)CCc1ccc(C)cc1. The zero-order chi connectivity index (χ0) is 23.1. The molecular weight excluding hydrogens is 443 g/mol. The number of nitrogens with zero attached hydrogens (tertiary/aromatic N) is 1. The third-order valence-corrected chi connectivity index (χ3v) is 6.91. The van der Waals surface area contributed by atoms with Gasteiger partial charge in [-0.2, -0.15) is 0 Å². The standard InChI is InChI=1S/C26H32Cl2N2O2/c1-3-24(26(32)29-21-6-4-5-7-21)30(17-20-12-14-22(27)23(28)16-20)25(31)15-13-19-10-8-18(2)9-11-19/h8-12,14,16,21,24H,3-7,13,15,17H2,1-2H3,(H,29,32)/t24-/m1/s1. The summed E-state index contributed by atoms with van der Waals surface area (Å²) in [5.41, 5.74) is 3.16. The van der Waals surface area contributed by atoms with Crippen LogP contribution in [0.1, 0.15) is 62.1 Å². The Kier molecular flexibility index (Phi) is 9.01. The number of benzene rings is 2. The van der Waals surface area contributed by atoms with Crippen molar-refractivity contribution in [3.8, 4) is 0 Å². The number of carbonyl (C=O) groups is 2. The summed E-state index contributed by atoms with van der Waals surface area (Å²) in [6.07, 6.45) is 5.84. The molecular formula is C26H32Cl2N2O2. The Morgan fingerprint density at radius 3 is 2.31 bits per heavy atom. The van der Waals surface area contributed by atoms with Crippen LogP contribution in [0.25, 0.3) is 0 Å². The van der Waals surface area contributed by atoms with Crippen LogP contribution in [0, 0.1) is 6.92 Å². The summed E-state index contributed by atoms with van der Waals surface area (Å²) < 4.78 is 0. The van der Waals surface area contributed by atoms with Crippen molar-refractivity contribution in [1.29, 1.82) is 0 Å². The number of halogens is 2. The predicted octanol–water partition coefficient (Wildman–Crippen LogP) is 6.10. The highest BCUT2D eigenvalue weighted by Crippen LogP contribution is 2.25. The zero-order valence-electron chi connectivity index (χ0n) is 18.9. The second-order valence-corrected chi connectivity index (χ2v) is 9.48. The monoisotopic (exact) mass is 474 g/mol. The molecule has 1 saturated carbocycles. The van der Waals surface area contributed by atoms with E-state index < -0.39 is 6.04 Å². The summed E-state index contributed by atoms with van der Waals surface area (Å²) in [5.74, 6) is -0.104. The molecule has 172 valence electrons. The molecule has 0 heterocycles. The average molecular weight is 475 g/mol. The van der Waals surface area contributed by atoms with Crippen LogP contribution in [0.15, 0.2) is 42.5 Å². The van der Waals surface area contributed by atoms with E-state index in [2.05, 4.69) is 29.6 Å². The zero-order valence-corrected chi connectivity index (χ0v) is 20.4. The molecule has 0 saturated heterocycles. The van der Waals surface area contributed by atoms with Crippen LogP contribution in [0.2, 0.25) is 10.0 Å². The van der Waals surface area contributed by atoms with E-state index in [1.54, 1.807) is 17.0 Å². The molecule has 1 fully saturated rings. The third-order valence-electron chi connectivity index (χ3n) is 6.17. The molecule has 0 spiro atoms. The van der Waals surface area contributed by atoms with Gasteiger partial charge in [-0.1, -0.05) is 78.9 Å². The van der Waals surface area contributed by atoms with Crippen LogP contribution in [0.4, 0.5) is 0 Å². The van der Waals surface area contributed by atoms with Crippen molar-refractivity contribution in [1.82, 2.24) is 10.2 Å². The van der Waals surface area contributed by atoms with E-state index >= 15 is 0 Å². The Labute approximate surface area is 201 Å². The van der Waals surface area contributed by atoms with Gasteiger partial charge in [-0.05, 0) is 55.9 Å². The van der Waals surface area contributed by atoms with Gasteiger partial charge >= 0.3 is 0 Å². The molecule has 1 aliphatic rings. The Bertz CT molecular complexity index is 924. The molecule has 0 aliphatic heterocycles. The maximum atomic E-state index is 13.4. The third kappa shape index (κ3) is 6.73. The van der Waals surface area contributed by atoms with Gasteiger partial charge in [-0.15, -0.1) is 0 Å². The largest absolute Gasteiger partial charge is 0.352 e. The smallest absolute Gasteiger partial charge is 0.243 e. The number of aryl methyl sites for hydroxylation is 2. The quantitative estimate of drug-likeness (QED) is 0.477. The van der Waals surface area contributed by atoms with Gasteiger partial charge in [0.25, 0.3) is 0 Å². The van der Waals surface area contributed by atoms with Crippen molar-refractivity contribution in [2.75, 3.05) is 0 Å². The van der Waals surface area contributed by atoms with Crippen LogP contribution in [0.5, 0.6) is 0 Å². The van der Waals surface area contributed by atoms with Crippen LogP contribution < -0.4 is 5.32 Å². The Balaban J connectivity index is 1.77. The van der Waals surface area contributed by atoms with Gasteiger partial charge < -0.3 is 10.2 Å². The average Bonchev–Trinajstić information content (AvgIpc) is 3.28. The van der Waals surface area contributed by atoms with E-state index in [-0.39, 0.29) is 17.9 Å². The highest BCUT2D eigenvalue weighted by atomic mass is 35.5. The minimum absolute atomic E-state index is 0.0370. The van der Waals surface area contributed by atoms with E-state index in [1.165, 1.54) is 5.56 Å². The molecule has 2 aromatic carbocycles. The molecule has 1 atom stereocenters. The summed E-state index contributed by atoms with van der Waals surface area (Å²) in [7, 11) is 0. The molecule has 32 heavy (non-hydrogen) atoms. The molecule has 2 aromatic rings. The second kappa shape index (κ2) is 11.7. The maximum Gasteiger partial charge on any atom is 0.243 e. The first-order valence-electron chi connectivity index (χ1n) is 11.5. The van der Waals surface area contributed by atoms with Crippen LogP contribution in [0.3, 0.4) is 0 Å². The molecule has 1 aliphatic carbocycles. The summed E-state index contributed by atoms with van der Waals surface area (Å²) >= 11 is 12.3. The fourth-order valence-electron chi connectivity index (χ4n) is 4.27. The maximum absolute atomic E-state index is 13.4. The molecule has 3 rings (SSSR count). The topological polar surface area (TPSA) is 49.4 Å². The predicted molar refractivity (Wildman–Crippen MR) is 131 cm³/mol. The van der Waals surface area contributed by atoms with E-state index in [4.69, 9.17) is 23.2 Å². The van der Waals surface area contributed by atoms with Crippen molar-refractivity contribution in [3.63, 3.8) is 0 Å². The normalized spacial score (nSPS) is 14.9. The first kappa shape index (κ1) is 24.6. The molecule has 1 N–H and O–H groups in total. The Morgan fingerprint density at radius 1 is 1.03 bits per heavy atom. The van der Waals surface area contributed by atoms with Gasteiger partial charge in [0.05, 0.1) is 10.0 Å². The van der Waals surface area contributed by atoms with Gasteiger partial charge in [0.15, 0.2) is 0 Å². The molecule has 0 bridgehead atoms. The van der Waals surface area contributed by atoms with E-state index in [0.29, 0.717) is 35.9 Å². The second-order valence-electron chi connectivity index (χ2n) is 8.67. The lowest BCUT2D eigenvalue weighted by Crippen LogP contribution is -2.51. The summed E-state index contributed by atoms with van der Waals surface area (Å²) in [6.45, 7) is 4.32. The minimum atomic E-state index is -0.518. The number of amides is 2. The number of rotatable bonds is 9. The lowest BCUT2D eigenvalue weighted by molar-refractivity contribution is -0.141. The van der Waals surface area contributed by atoms with Crippen molar-refractivity contribution in [3.05, 3.63) is 69.2 Å². The van der Waals surface area contributed by atoms with Gasteiger partial charge in [0.2, 0.25) is 11.8 Å². The van der Waals surface area contributed by atoms with Crippen LogP contribution in [-0.2, 0) is 22.6 Å². The number of hydrogen-bond acceptors (Lipinski definition) is 2. The fraction of sp³-hybridized carbons (Fsp3) is 0.462. The van der Waals surface area contributed by atoms with Gasteiger partial charge in [0.1, 0.15) is 6.04 Å². The van der Waals surface area contributed by atoms with Crippen molar-refractivity contribution in [2.45, 2.75) is 77.4 Å². The van der Waals surface area contributed by atoms with E-state index in [0.717, 1.165) is 36.8 Å². The lowest BCUT2D eigenvalue weighted by atomic mass is 10.0. The molecule has 6 heteroatoms. The highest BCUT2D eigenvalue weighted by molar-refractivity contribution is 6.42. The minimum Gasteiger partial charge on any atom is -0.352 e. The van der Waals surface area contributed by atoms with Gasteiger partial charge in [-0.3, -0.25) is 9.59 Å². The van der Waals surface area contributed by atoms with Crippen molar-refractivity contribution in [2.24, 2.45) is 0 Å². The molecule has 0 radical (unpaired) electrons. The Morgan fingerprint density at radius 2 is 1.69 bits per heavy atom. The number of carbonyl (C=O) groups excluding carboxylic acids is 2. The number of nitrogens with one attached hydrogen (secondary N) is 1. The van der Waals surface area contributed by atoms with Gasteiger partial charge in [-0.25, -0.2) is 0 Å². The summed E-state index contributed by atoms with van der Waals surface area (Å²) in [6, 6.07) is 13.3. The van der Waals surface area contributed by atoms with Gasteiger partial charge in [0, 0.05) is 19.0 Å². The molecule has 2 amide bonds.